The van der Waals surface area contributed by atoms with Gasteiger partial charge in [0.15, 0.2) is 0 Å². The number of hydrogen-bond acceptors (Lipinski definition) is 8. The van der Waals surface area contributed by atoms with Gasteiger partial charge < -0.3 is 42.5 Å². The fourth-order valence-electron chi connectivity index (χ4n) is 4.33. The van der Waals surface area contributed by atoms with Gasteiger partial charge in [0.25, 0.3) is 0 Å². The molecule has 14 nitrogen and oxygen atoms in total. The van der Waals surface area contributed by atoms with Crippen molar-refractivity contribution in [2.45, 2.75) is 56.3 Å². The Morgan fingerprint density at radius 1 is 0.952 bits per heavy atom. The number of thioether (sulfide) groups is 1. The number of benzene rings is 1. The van der Waals surface area contributed by atoms with Crippen molar-refractivity contribution in [2.24, 2.45) is 11.5 Å². The first-order valence-electron chi connectivity index (χ1n) is 13.3. The Hall–Kier alpha value is -4.37. The third-order valence-corrected chi connectivity index (χ3v) is 7.24. The van der Waals surface area contributed by atoms with Gasteiger partial charge >= 0.3 is 5.97 Å². The van der Waals surface area contributed by atoms with Gasteiger partial charge in [0.1, 0.15) is 18.1 Å². The molecule has 15 heteroatoms. The van der Waals surface area contributed by atoms with Crippen LogP contribution in [-0.2, 0) is 36.8 Å². The van der Waals surface area contributed by atoms with Gasteiger partial charge in [0.05, 0.1) is 12.4 Å². The standard InChI is InChI=1S/C27H36N8O6S/c1-42-9-8-20(25(38)34-21(27(40)41)6-7-23(29)36)33-26(39)22(11-16-13-30-14-32-16)35-24(37)18(28)10-15-12-31-19-5-3-2-4-17(15)19/h2-5,12-14,18,20-22,31H,6-11,28H2,1H3,(H2,29,36)(H,30,32)(H,33,39)(H,34,38)(H,35,37)(H,40,41). The third-order valence-electron chi connectivity index (χ3n) is 6.60. The van der Waals surface area contributed by atoms with Gasteiger partial charge in [0.2, 0.25) is 23.6 Å². The van der Waals surface area contributed by atoms with Crippen molar-refractivity contribution in [3.63, 3.8) is 0 Å². The van der Waals surface area contributed by atoms with Crippen LogP contribution in [0.15, 0.2) is 43.0 Å². The van der Waals surface area contributed by atoms with Crippen molar-refractivity contribution < 1.29 is 29.1 Å². The summed E-state index contributed by atoms with van der Waals surface area (Å²) >= 11 is 1.43. The number of imidazole rings is 1. The van der Waals surface area contributed by atoms with Crippen molar-refractivity contribution in [3.05, 3.63) is 54.2 Å². The number of nitrogens with zero attached hydrogens (tertiary/aromatic N) is 1. The summed E-state index contributed by atoms with van der Waals surface area (Å²) in [6.07, 6.45) is 6.54. The summed E-state index contributed by atoms with van der Waals surface area (Å²) in [7, 11) is 0. The zero-order valence-corrected chi connectivity index (χ0v) is 23.9. The highest BCUT2D eigenvalue weighted by Crippen LogP contribution is 2.19. The summed E-state index contributed by atoms with van der Waals surface area (Å²) in [5.74, 6) is -3.54. The van der Waals surface area contributed by atoms with Gasteiger partial charge in [-0.05, 0) is 42.9 Å². The number of amides is 4. The number of carbonyl (C=O) groups is 5. The number of aromatic nitrogens is 3. The molecule has 226 valence electrons. The van der Waals surface area contributed by atoms with E-state index in [4.69, 9.17) is 11.5 Å². The molecule has 0 bridgehead atoms. The topological polar surface area (TPSA) is 238 Å². The van der Waals surface area contributed by atoms with E-state index in [1.807, 2.05) is 30.5 Å². The second kappa shape index (κ2) is 15.6. The molecule has 0 aliphatic carbocycles. The van der Waals surface area contributed by atoms with E-state index in [-0.39, 0.29) is 32.1 Å². The number of para-hydroxylation sites is 1. The SMILES string of the molecule is CSCCC(NC(=O)C(Cc1cnc[nH]1)NC(=O)C(N)Cc1c[nH]c2ccccc12)C(=O)NC(CCC(N)=O)C(=O)O. The zero-order valence-electron chi connectivity index (χ0n) is 23.1. The number of primary amides is 1. The minimum absolute atomic E-state index is 0.0323. The van der Waals surface area contributed by atoms with Crippen LogP contribution in [0.25, 0.3) is 10.9 Å². The Bertz CT molecular complexity index is 1380. The maximum Gasteiger partial charge on any atom is 0.326 e. The molecule has 2 heterocycles. The molecule has 0 saturated heterocycles. The number of aliphatic carboxylic acids is 1. The molecular formula is C27H36N8O6S. The molecule has 0 spiro atoms. The Labute approximate surface area is 246 Å². The molecule has 2 aromatic heterocycles. The molecule has 4 unspecified atom stereocenters. The molecule has 0 radical (unpaired) electrons. The average Bonchev–Trinajstić information content (AvgIpc) is 3.62. The number of hydrogen-bond donors (Lipinski definition) is 8. The highest BCUT2D eigenvalue weighted by Gasteiger charge is 2.31. The van der Waals surface area contributed by atoms with E-state index >= 15 is 0 Å². The molecule has 3 rings (SSSR count). The minimum atomic E-state index is -1.37. The number of nitrogens with two attached hydrogens (primary N) is 2. The lowest BCUT2D eigenvalue weighted by Gasteiger charge is -2.25. The summed E-state index contributed by atoms with van der Waals surface area (Å²) < 4.78 is 0. The molecule has 0 aliphatic heterocycles. The second-order valence-corrected chi connectivity index (χ2v) is 10.7. The van der Waals surface area contributed by atoms with Gasteiger partial charge in [-0.2, -0.15) is 11.8 Å². The maximum atomic E-state index is 13.5. The number of rotatable bonds is 17. The fraction of sp³-hybridized carbons (Fsp3) is 0.407. The Morgan fingerprint density at radius 3 is 2.31 bits per heavy atom. The Kier molecular flexibility index (Phi) is 11.9. The van der Waals surface area contributed by atoms with Crippen LogP contribution in [-0.4, -0.2) is 85.8 Å². The summed E-state index contributed by atoms with van der Waals surface area (Å²) in [6, 6.07) is 3.03. The minimum Gasteiger partial charge on any atom is -0.480 e. The van der Waals surface area contributed by atoms with E-state index < -0.39 is 53.8 Å². The van der Waals surface area contributed by atoms with E-state index in [9.17, 15) is 29.1 Å². The molecule has 1 aromatic carbocycles. The second-order valence-electron chi connectivity index (χ2n) is 9.76. The van der Waals surface area contributed by atoms with Crippen LogP contribution in [0.4, 0.5) is 0 Å². The number of aromatic amines is 2. The van der Waals surface area contributed by atoms with E-state index in [1.54, 1.807) is 6.20 Å². The first-order valence-corrected chi connectivity index (χ1v) is 14.7. The van der Waals surface area contributed by atoms with Crippen molar-refractivity contribution in [2.75, 3.05) is 12.0 Å². The summed E-state index contributed by atoms with van der Waals surface area (Å²) in [5, 5.41) is 18.1. The van der Waals surface area contributed by atoms with E-state index in [2.05, 4.69) is 30.9 Å². The van der Waals surface area contributed by atoms with Crippen LogP contribution < -0.4 is 27.4 Å². The number of H-pyrrole nitrogens is 2. The molecule has 10 N–H and O–H groups in total. The normalized spacial score (nSPS) is 14.0. The molecule has 0 saturated carbocycles. The first-order chi connectivity index (χ1) is 20.1. The number of carboxylic acid groups (broad SMARTS) is 1. The van der Waals surface area contributed by atoms with Crippen LogP contribution in [0.1, 0.15) is 30.5 Å². The molecule has 0 aliphatic rings. The maximum absolute atomic E-state index is 13.5. The molecule has 3 aromatic rings. The molecule has 0 fully saturated rings. The van der Waals surface area contributed by atoms with Crippen molar-refractivity contribution in [1.82, 2.24) is 30.9 Å². The number of carbonyl (C=O) groups excluding carboxylic acids is 4. The molecule has 4 amide bonds. The predicted octanol–water partition coefficient (Wildman–Crippen LogP) is -0.439. The molecule has 4 atom stereocenters. The fourth-order valence-corrected chi connectivity index (χ4v) is 4.80. The van der Waals surface area contributed by atoms with Gasteiger partial charge in [-0.1, -0.05) is 18.2 Å². The zero-order chi connectivity index (χ0) is 30.6. The van der Waals surface area contributed by atoms with Crippen LogP contribution in [0.5, 0.6) is 0 Å². The predicted molar refractivity (Wildman–Crippen MR) is 157 cm³/mol. The number of nitrogens with one attached hydrogen (secondary N) is 5. The van der Waals surface area contributed by atoms with Gasteiger partial charge in [0, 0.05) is 41.8 Å². The van der Waals surface area contributed by atoms with Crippen LogP contribution >= 0.6 is 11.8 Å². The summed E-state index contributed by atoms with van der Waals surface area (Å²) in [4.78, 5) is 72.4. The van der Waals surface area contributed by atoms with Gasteiger partial charge in [-0.15, -0.1) is 0 Å². The largest absolute Gasteiger partial charge is 0.480 e. The monoisotopic (exact) mass is 600 g/mol. The average molecular weight is 601 g/mol. The van der Waals surface area contributed by atoms with Crippen LogP contribution in [0.3, 0.4) is 0 Å². The van der Waals surface area contributed by atoms with Crippen molar-refractivity contribution in [3.8, 4) is 0 Å². The first kappa shape index (κ1) is 32.1. The summed E-state index contributed by atoms with van der Waals surface area (Å²) in [6.45, 7) is 0. The van der Waals surface area contributed by atoms with Crippen LogP contribution in [0.2, 0.25) is 0 Å². The van der Waals surface area contributed by atoms with Crippen molar-refractivity contribution in [1.29, 1.82) is 0 Å². The van der Waals surface area contributed by atoms with E-state index in [0.29, 0.717) is 11.4 Å². The third kappa shape index (κ3) is 9.34. The van der Waals surface area contributed by atoms with E-state index in [1.165, 1.54) is 24.3 Å². The Balaban J connectivity index is 1.73. The lowest BCUT2D eigenvalue weighted by molar-refractivity contribution is -0.142. The quantitative estimate of drug-likeness (QED) is 0.100. The lowest BCUT2D eigenvalue weighted by Crippen LogP contribution is -2.58. The van der Waals surface area contributed by atoms with Crippen molar-refractivity contribution >= 4 is 52.3 Å². The number of carboxylic acids is 1. The number of fused-ring (bicyclic) bond motifs is 1. The molecule has 42 heavy (non-hydrogen) atoms. The van der Waals surface area contributed by atoms with Gasteiger partial charge in [-0.3, -0.25) is 19.2 Å². The van der Waals surface area contributed by atoms with E-state index in [0.717, 1.165) is 16.5 Å². The van der Waals surface area contributed by atoms with Crippen LogP contribution in [0, 0.1) is 0 Å². The smallest absolute Gasteiger partial charge is 0.326 e. The Morgan fingerprint density at radius 2 is 1.64 bits per heavy atom. The van der Waals surface area contributed by atoms with Gasteiger partial charge in [-0.25, -0.2) is 9.78 Å². The highest BCUT2D eigenvalue weighted by molar-refractivity contribution is 7.98. The highest BCUT2D eigenvalue weighted by atomic mass is 32.2. The molecular weight excluding hydrogens is 564 g/mol. The summed E-state index contributed by atoms with van der Waals surface area (Å²) in [5.41, 5.74) is 13.7. The lowest BCUT2D eigenvalue weighted by atomic mass is 10.0.